The minimum absolute atomic E-state index is 0.667. The summed E-state index contributed by atoms with van der Waals surface area (Å²) in [4.78, 5) is 2.78. The van der Waals surface area contributed by atoms with Gasteiger partial charge in [-0.25, -0.2) is 4.99 Å². The van der Waals surface area contributed by atoms with E-state index in [2.05, 4.69) is 9.73 Å². The molecule has 0 saturated heterocycles. The molecular formula is C12H4F9NO. The van der Waals surface area contributed by atoms with Crippen molar-refractivity contribution in [3.05, 3.63) is 35.6 Å². The van der Waals surface area contributed by atoms with Gasteiger partial charge < -0.3 is 4.74 Å². The van der Waals surface area contributed by atoms with Crippen LogP contribution in [0.15, 0.2) is 40.6 Å². The number of hydrogen-bond acceptors (Lipinski definition) is 2. The van der Waals surface area contributed by atoms with Crippen LogP contribution in [-0.4, -0.2) is 24.2 Å². The van der Waals surface area contributed by atoms with Crippen molar-refractivity contribution >= 4 is 11.7 Å². The summed E-state index contributed by atoms with van der Waals surface area (Å²) in [6.07, 6.45) is -12.3. The molecule has 0 atom stereocenters. The monoisotopic (exact) mass is 349 g/mol. The first-order valence-corrected chi connectivity index (χ1v) is 5.63. The molecule has 23 heavy (non-hydrogen) atoms. The summed E-state index contributed by atoms with van der Waals surface area (Å²) in [5.74, 6) is -12.4. The van der Waals surface area contributed by atoms with Gasteiger partial charge in [-0.3, -0.25) is 0 Å². The SMILES string of the molecule is FC1=Nc2ccccc2OC(C(F)(F)C(F)(F)F)=C1C(F)(F)F. The highest BCUT2D eigenvalue weighted by Gasteiger charge is 2.65. The number of rotatable bonds is 1. The Balaban J connectivity index is 2.79. The fraction of sp³-hybridized carbons (Fsp3) is 0.250. The molecule has 1 aromatic rings. The number of aliphatic imine (C=N–C) groups is 1. The van der Waals surface area contributed by atoms with Crippen molar-refractivity contribution in [2.75, 3.05) is 0 Å². The first-order valence-electron chi connectivity index (χ1n) is 5.63. The van der Waals surface area contributed by atoms with Gasteiger partial charge in [0.1, 0.15) is 5.69 Å². The Labute approximate surface area is 121 Å². The third kappa shape index (κ3) is 2.99. The summed E-state index contributed by atoms with van der Waals surface area (Å²) < 4.78 is 120. The average molecular weight is 349 g/mol. The van der Waals surface area contributed by atoms with Crippen LogP contribution in [0.25, 0.3) is 0 Å². The second kappa shape index (κ2) is 5.17. The van der Waals surface area contributed by atoms with Gasteiger partial charge in [0.15, 0.2) is 17.1 Å². The van der Waals surface area contributed by atoms with Crippen LogP contribution in [0.1, 0.15) is 0 Å². The maximum absolute atomic E-state index is 13.6. The van der Waals surface area contributed by atoms with E-state index in [1.807, 2.05) is 0 Å². The van der Waals surface area contributed by atoms with E-state index in [1.165, 1.54) is 0 Å². The van der Waals surface area contributed by atoms with Crippen molar-refractivity contribution in [2.24, 2.45) is 4.99 Å². The minimum Gasteiger partial charge on any atom is -0.452 e. The van der Waals surface area contributed by atoms with Gasteiger partial charge in [0.05, 0.1) is 0 Å². The van der Waals surface area contributed by atoms with Crippen molar-refractivity contribution in [3.63, 3.8) is 0 Å². The topological polar surface area (TPSA) is 21.6 Å². The van der Waals surface area contributed by atoms with E-state index in [-0.39, 0.29) is 0 Å². The molecule has 0 fully saturated rings. The molecule has 0 bridgehead atoms. The Hall–Kier alpha value is -2.20. The Morgan fingerprint density at radius 1 is 0.870 bits per heavy atom. The molecule has 0 N–H and O–H groups in total. The number of fused-ring (bicyclic) bond motifs is 1. The molecule has 0 saturated carbocycles. The summed E-state index contributed by atoms with van der Waals surface area (Å²) in [6, 6.07) is 3.89. The molecule has 0 aromatic heterocycles. The highest BCUT2D eigenvalue weighted by atomic mass is 19.4. The van der Waals surface area contributed by atoms with E-state index in [0.717, 1.165) is 24.3 Å². The number of nitrogens with zero attached hydrogens (tertiary/aromatic N) is 1. The van der Waals surface area contributed by atoms with Gasteiger partial charge in [-0.2, -0.15) is 39.5 Å². The van der Waals surface area contributed by atoms with Crippen LogP contribution in [0, 0.1) is 0 Å². The number of allylic oxidation sites excluding steroid dienone is 2. The Bertz CT molecular complexity index is 685. The standard InChI is InChI=1S/C12H4F9NO/c13-9-7(11(16,17)18)8(10(14,15)12(19,20)21)23-6-4-2-1-3-5(6)22-9/h1-4H. The molecule has 2 rings (SSSR count). The Morgan fingerprint density at radius 3 is 1.96 bits per heavy atom. The van der Waals surface area contributed by atoms with Crippen molar-refractivity contribution < 1.29 is 44.3 Å². The zero-order chi connectivity index (χ0) is 17.6. The summed E-state index contributed by atoms with van der Waals surface area (Å²) >= 11 is 0. The quantitative estimate of drug-likeness (QED) is 0.647. The van der Waals surface area contributed by atoms with Crippen molar-refractivity contribution in [1.82, 2.24) is 0 Å². The lowest BCUT2D eigenvalue weighted by atomic mass is 10.1. The summed E-state index contributed by atoms with van der Waals surface area (Å²) in [5.41, 5.74) is -3.59. The first kappa shape index (κ1) is 17.2. The third-order valence-corrected chi connectivity index (χ3v) is 2.65. The normalized spacial score (nSPS) is 16.5. The highest BCUT2D eigenvalue weighted by molar-refractivity contribution is 5.97. The van der Waals surface area contributed by atoms with E-state index in [1.54, 1.807) is 0 Å². The van der Waals surface area contributed by atoms with Crippen LogP contribution in [0.4, 0.5) is 45.2 Å². The summed E-state index contributed by atoms with van der Waals surface area (Å²) in [5, 5.41) is 0. The lowest BCUT2D eigenvalue weighted by Gasteiger charge is -2.24. The second-order valence-corrected chi connectivity index (χ2v) is 4.25. The van der Waals surface area contributed by atoms with Gasteiger partial charge >= 0.3 is 18.3 Å². The zero-order valence-electron chi connectivity index (χ0n) is 10.6. The van der Waals surface area contributed by atoms with Crippen molar-refractivity contribution in [3.8, 4) is 5.75 Å². The van der Waals surface area contributed by atoms with Crippen LogP contribution in [0.5, 0.6) is 5.75 Å². The summed E-state index contributed by atoms with van der Waals surface area (Å²) in [7, 11) is 0. The van der Waals surface area contributed by atoms with E-state index < -0.39 is 47.0 Å². The molecule has 2 nitrogen and oxygen atoms in total. The zero-order valence-corrected chi connectivity index (χ0v) is 10.6. The van der Waals surface area contributed by atoms with Crippen LogP contribution in [0.3, 0.4) is 0 Å². The predicted octanol–water partition coefficient (Wildman–Crippen LogP) is 5.09. The van der Waals surface area contributed by atoms with E-state index >= 15 is 0 Å². The van der Waals surface area contributed by atoms with Crippen molar-refractivity contribution in [2.45, 2.75) is 18.3 Å². The van der Waals surface area contributed by atoms with E-state index in [4.69, 9.17) is 0 Å². The molecule has 0 aliphatic carbocycles. The van der Waals surface area contributed by atoms with Crippen LogP contribution >= 0.6 is 0 Å². The van der Waals surface area contributed by atoms with Gasteiger partial charge in [0, 0.05) is 0 Å². The molecule has 0 spiro atoms. The Morgan fingerprint density at radius 2 is 1.43 bits per heavy atom. The number of hydrogen-bond donors (Lipinski definition) is 0. The van der Waals surface area contributed by atoms with E-state index in [9.17, 15) is 39.5 Å². The number of halogens is 9. The number of para-hydroxylation sites is 2. The van der Waals surface area contributed by atoms with Gasteiger partial charge in [-0.15, -0.1) is 0 Å². The fourth-order valence-electron chi connectivity index (χ4n) is 1.65. The van der Waals surface area contributed by atoms with Gasteiger partial charge in [0.25, 0.3) is 0 Å². The fourth-order valence-corrected chi connectivity index (χ4v) is 1.65. The van der Waals surface area contributed by atoms with Crippen LogP contribution < -0.4 is 4.74 Å². The van der Waals surface area contributed by atoms with Crippen molar-refractivity contribution in [1.29, 1.82) is 0 Å². The smallest absolute Gasteiger partial charge is 0.452 e. The minimum atomic E-state index is -6.43. The maximum atomic E-state index is 13.6. The molecule has 1 aliphatic rings. The van der Waals surface area contributed by atoms with Crippen LogP contribution in [0.2, 0.25) is 0 Å². The first-order chi connectivity index (χ1) is 10.4. The molecule has 1 heterocycles. The van der Waals surface area contributed by atoms with Gasteiger partial charge in [-0.1, -0.05) is 12.1 Å². The van der Waals surface area contributed by atoms with Gasteiger partial charge in [-0.05, 0) is 12.1 Å². The molecule has 0 radical (unpaired) electrons. The Kier molecular flexibility index (Phi) is 3.86. The maximum Gasteiger partial charge on any atom is 0.461 e. The number of benzene rings is 1. The number of ether oxygens (including phenoxy) is 1. The second-order valence-electron chi connectivity index (χ2n) is 4.25. The third-order valence-electron chi connectivity index (χ3n) is 2.65. The largest absolute Gasteiger partial charge is 0.461 e. The predicted molar refractivity (Wildman–Crippen MR) is 59.4 cm³/mol. The lowest BCUT2D eigenvalue weighted by Crippen LogP contribution is -2.42. The van der Waals surface area contributed by atoms with Crippen LogP contribution in [-0.2, 0) is 0 Å². The molecular weight excluding hydrogens is 345 g/mol. The molecule has 1 aromatic carbocycles. The molecule has 0 amide bonds. The molecule has 11 heteroatoms. The molecule has 126 valence electrons. The average Bonchev–Trinajstić information content (AvgIpc) is 2.52. The molecule has 1 aliphatic heterocycles. The van der Waals surface area contributed by atoms with Gasteiger partial charge in [0.2, 0.25) is 5.97 Å². The highest BCUT2D eigenvalue weighted by Crippen LogP contribution is 2.48. The van der Waals surface area contributed by atoms with E-state index in [0.29, 0.717) is 0 Å². The molecule has 0 unspecified atom stereocenters. The number of alkyl halides is 8. The lowest BCUT2D eigenvalue weighted by molar-refractivity contribution is -0.274. The summed E-state index contributed by atoms with van der Waals surface area (Å²) in [6.45, 7) is 0.